The topological polar surface area (TPSA) is 80.0 Å². The molecule has 2 N–H and O–H groups in total. The van der Waals surface area contributed by atoms with E-state index in [1.54, 1.807) is 6.07 Å². The maximum absolute atomic E-state index is 12.2. The van der Waals surface area contributed by atoms with Gasteiger partial charge in [-0.1, -0.05) is 62.8 Å². The number of anilines is 2. The van der Waals surface area contributed by atoms with Crippen LogP contribution < -0.4 is 10.6 Å². The second-order valence-electron chi connectivity index (χ2n) is 6.97. The number of pyridine rings is 1. The van der Waals surface area contributed by atoms with Crippen molar-refractivity contribution < 1.29 is 9.32 Å². The summed E-state index contributed by atoms with van der Waals surface area (Å²) in [6.07, 6.45) is 2.80. The molecule has 0 saturated heterocycles. The Balaban J connectivity index is 0.00000141. The van der Waals surface area contributed by atoms with Gasteiger partial charge in [-0.2, -0.15) is 0 Å². The third-order valence-electron chi connectivity index (χ3n) is 4.73. The van der Waals surface area contributed by atoms with E-state index < -0.39 is 0 Å². The molecule has 0 aliphatic heterocycles. The molecule has 6 heteroatoms. The Labute approximate surface area is 188 Å². The Morgan fingerprint density at radius 1 is 1.03 bits per heavy atom. The Morgan fingerprint density at radius 2 is 1.78 bits per heavy atom. The van der Waals surface area contributed by atoms with Gasteiger partial charge in [-0.3, -0.25) is 9.78 Å². The number of hydrogen-bond donors (Lipinski definition) is 2. The number of rotatable bonds is 7. The molecule has 0 bridgehead atoms. The third-order valence-corrected chi connectivity index (χ3v) is 4.73. The molecule has 1 amide bonds. The number of carbonyl (C=O) groups excluding carboxylic acids is 1. The predicted octanol–water partition coefficient (Wildman–Crippen LogP) is 6.08. The van der Waals surface area contributed by atoms with Gasteiger partial charge in [0.25, 0.3) is 0 Å². The van der Waals surface area contributed by atoms with Crippen LogP contribution in [-0.2, 0) is 17.6 Å². The summed E-state index contributed by atoms with van der Waals surface area (Å²) in [6.45, 7) is 10.1. The van der Waals surface area contributed by atoms with Crippen LogP contribution >= 0.6 is 0 Å². The number of benzene rings is 2. The highest BCUT2D eigenvalue weighted by Gasteiger charge is 2.09. The van der Waals surface area contributed by atoms with Crippen molar-refractivity contribution in [2.45, 2.75) is 33.6 Å². The standard InChI is InChI=1S/C24H22N4O2.C2H6/c1-3-21-14-23(28-30-21)27-24(29)12-17-8-10-20(11-9-17)26-16(2)19-13-18-6-4-5-7-22(18)25-15-19;1-2/h4-11,13-15,26H,2-3,12H2,1H3,(H,27,28,29);1-2H3. The number of aryl methyl sites for hydroxylation is 1. The van der Waals surface area contributed by atoms with Gasteiger partial charge in [-0.25, -0.2) is 0 Å². The molecule has 0 atom stereocenters. The lowest BCUT2D eigenvalue weighted by atomic mass is 10.1. The molecule has 2 aromatic heterocycles. The van der Waals surface area contributed by atoms with E-state index in [4.69, 9.17) is 4.52 Å². The third kappa shape index (κ3) is 5.82. The molecule has 0 radical (unpaired) electrons. The van der Waals surface area contributed by atoms with Gasteiger partial charge in [0.2, 0.25) is 5.91 Å². The van der Waals surface area contributed by atoms with Gasteiger partial charge < -0.3 is 15.2 Å². The van der Waals surface area contributed by atoms with Gasteiger partial charge >= 0.3 is 0 Å². The highest BCUT2D eigenvalue weighted by Crippen LogP contribution is 2.21. The molecule has 32 heavy (non-hydrogen) atoms. The van der Waals surface area contributed by atoms with E-state index in [2.05, 4.69) is 33.4 Å². The molecule has 4 aromatic rings. The van der Waals surface area contributed by atoms with Crippen molar-refractivity contribution in [1.29, 1.82) is 0 Å². The summed E-state index contributed by atoms with van der Waals surface area (Å²) >= 11 is 0. The number of amides is 1. The maximum atomic E-state index is 12.2. The Morgan fingerprint density at radius 3 is 2.50 bits per heavy atom. The number of nitrogens with zero attached hydrogens (tertiary/aromatic N) is 2. The maximum Gasteiger partial charge on any atom is 0.230 e. The smallest absolute Gasteiger partial charge is 0.230 e. The lowest BCUT2D eigenvalue weighted by molar-refractivity contribution is -0.115. The van der Waals surface area contributed by atoms with Gasteiger partial charge in [0.05, 0.1) is 11.9 Å². The average molecular weight is 429 g/mol. The first-order valence-electron chi connectivity index (χ1n) is 10.8. The molecular weight excluding hydrogens is 400 g/mol. The largest absolute Gasteiger partial charge is 0.359 e. The van der Waals surface area contributed by atoms with E-state index in [-0.39, 0.29) is 12.3 Å². The van der Waals surface area contributed by atoms with Crippen molar-refractivity contribution in [2.75, 3.05) is 10.6 Å². The van der Waals surface area contributed by atoms with E-state index in [0.29, 0.717) is 5.82 Å². The minimum Gasteiger partial charge on any atom is -0.359 e. The highest BCUT2D eigenvalue weighted by molar-refractivity contribution is 5.91. The van der Waals surface area contributed by atoms with Gasteiger partial charge in [0, 0.05) is 41.0 Å². The van der Waals surface area contributed by atoms with Crippen LogP contribution in [-0.4, -0.2) is 16.0 Å². The normalized spacial score (nSPS) is 10.2. The van der Waals surface area contributed by atoms with Crippen molar-refractivity contribution in [3.05, 3.63) is 90.3 Å². The number of fused-ring (bicyclic) bond motifs is 1. The zero-order valence-electron chi connectivity index (χ0n) is 18.7. The van der Waals surface area contributed by atoms with Crippen molar-refractivity contribution in [3.63, 3.8) is 0 Å². The summed E-state index contributed by atoms with van der Waals surface area (Å²) in [5, 5.41) is 10.9. The molecule has 2 aromatic carbocycles. The minimum atomic E-state index is -0.140. The fourth-order valence-electron chi connectivity index (χ4n) is 3.10. The second-order valence-corrected chi connectivity index (χ2v) is 6.97. The summed E-state index contributed by atoms with van der Waals surface area (Å²) in [5.74, 6) is 1.04. The van der Waals surface area contributed by atoms with Crippen LogP contribution in [0.3, 0.4) is 0 Å². The predicted molar refractivity (Wildman–Crippen MR) is 130 cm³/mol. The number of para-hydroxylation sites is 1. The number of carbonyl (C=O) groups is 1. The molecule has 0 saturated carbocycles. The van der Waals surface area contributed by atoms with Crippen LogP contribution in [0.1, 0.15) is 37.7 Å². The molecule has 0 unspecified atom stereocenters. The van der Waals surface area contributed by atoms with E-state index in [1.807, 2.05) is 75.5 Å². The summed E-state index contributed by atoms with van der Waals surface area (Å²) in [4.78, 5) is 16.7. The molecular formula is C26H28N4O2. The van der Waals surface area contributed by atoms with Crippen LogP contribution in [0.4, 0.5) is 11.5 Å². The Hall–Kier alpha value is -3.93. The van der Waals surface area contributed by atoms with Gasteiger partial charge in [0.1, 0.15) is 5.76 Å². The van der Waals surface area contributed by atoms with Crippen LogP contribution in [0.25, 0.3) is 16.6 Å². The molecule has 0 aliphatic carbocycles. The number of nitrogens with one attached hydrogen (secondary N) is 2. The highest BCUT2D eigenvalue weighted by atomic mass is 16.5. The Kier molecular flexibility index (Phi) is 7.75. The van der Waals surface area contributed by atoms with Crippen molar-refractivity contribution >= 4 is 34.0 Å². The Bertz CT molecular complexity index is 1200. The number of aromatic nitrogens is 2. The molecule has 6 nitrogen and oxygen atoms in total. The zero-order valence-corrected chi connectivity index (χ0v) is 18.7. The molecule has 0 fully saturated rings. The molecule has 4 rings (SSSR count). The van der Waals surface area contributed by atoms with E-state index >= 15 is 0 Å². The van der Waals surface area contributed by atoms with Gasteiger partial charge in [-0.15, -0.1) is 0 Å². The van der Waals surface area contributed by atoms with E-state index in [1.165, 1.54) is 0 Å². The summed E-state index contributed by atoms with van der Waals surface area (Å²) in [6, 6.07) is 19.4. The fourth-order valence-corrected chi connectivity index (χ4v) is 3.10. The summed E-state index contributed by atoms with van der Waals surface area (Å²) in [7, 11) is 0. The summed E-state index contributed by atoms with van der Waals surface area (Å²) < 4.78 is 5.09. The monoisotopic (exact) mass is 428 g/mol. The minimum absolute atomic E-state index is 0.140. The van der Waals surface area contributed by atoms with Crippen LogP contribution in [0.2, 0.25) is 0 Å². The molecule has 164 valence electrons. The first kappa shape index (κ1) is 22.7. The molecule has 0 spiro atoms. The van der Waals surface area contributed by atoms with E-state index in [9.17, 15) is 4.79 Å². The SMILES string of the molecule is C=C(Nc1ccc(CC(=O)Nc2cc(CC)on2)cc1)c1cnc2ccccc2c1.CC. The lowest BCUT2D eigenvalue weighted by Gasteiger charge is -2.11. The lowest BCUT2D eigenvalue weighted by Crippen LogP contribution is -2.14. The van der Waals surface area contributed by atoms with Crippen molar-refractivity contribution in [2.24, 2.45) is 0 Å². The first-order chi connectivity index (χ1) is 15.6. The second kappa shape index (κ2) is 10.9. The average Bonchev–Trinajstić information content (AvgIpc) is 3.28. The quantitative estimate of drug-likeness (QED) is 0.373. The van der Waals surface area contributed by atoms with Crippen LogP contribution in [0, 0.1) is 0 Å². The first-order valence-corrected chi connectivity index (χ1v) is 10.8. The molecule has 2 heterocycles. The van der Waals surface area contributed by atoms with Crippen LogP contribution in [0.15, 0.2) is 78.0 Å². The van der Waals surface area contributed by atoms with Crippen molar-refractivity contribution in [3.8, 4) is 0 Å². The fraction of sp³-hybridized carbons (Fsp3) is 0.192. The molecule has 0 aliphatic rings. The summed E-state index contributed by atoms with van der Waals surface area (Å²) in [5.41, 5.74) is 4.43. The van der Waals surface area contributed by atoms with Gasteiger partial charge in [-0.05, 0) is 29.8 Å². The van der Waals surface area contributed by atoms with Crippen molar-refractivity contribution in [1.82, 2.24) is 10.1 Å². The zero-order chi connectivity index (χ0) is 22.9. The van der Waals surface area contributed by atoms with Crippen LogP contribution in [0.5, 0.6) is 0 Å². The number of hydrogen-bond acceptors (Lipinski definition) is 5. The van der Waals surface area contributed by atoms with Gasteiger partial charge in [0.15, 0.2) is 5.82 Å². The van der Waals surface area contributed by atoms with E-state index in [0.717, 1.165) is 45.6 Å².